The van der Waals surface area contributed by atoms with E-state index in [9.17, 15) is 14.7 Å². The summed E-state index contributed by atoms with van der Waals surface area (Å²) in [6.45, 7) is 0.669. The van der Waals surface area contributed by atoms with Gasteiger partial charge in [-0.1, -0.05) is 30.3 Å². The first kappa shape index (κ1) is 18.7. The number of aliphatic hydroxyl groups excluding tert-OH is 1. The Bertz CT molecular complexity index is 824. The lowest BCUT2D eigenvalue weighted by molar-refractivity contribution is -0.117. The predicted molar refractivity (Wildman–Crippen MR) is 103 cm³/mol. The molecular formula is C20H23N3O4. The van der Waals surface area contributed by atoms with Crippen LogP contribution in [0.25, 0.3) is 0 Å². The number of rotatable bonds is 6. The number of carbonyl (C=O) groups excluding carboxylic acids is 2. The van der Waals surface area contributed by atoms with Gasteiger partial charge in [0.25, 0.3) is 0 Å². The molecule has 27 heavy (non-hydrogen) atoms. The number of benzene rings is 2. The Morgan fingerprint density at radius 2 is 1.96 bits per heavy atom. The van der Waals surface area contributed by atoms with Gasteiger partial charge in [0.2, 0.25) is 5.91 Å². The molecule has 142 valence electrons. The van der Waals surface area contributed by atoms with Crippen LogP contribution >= 0.6 is 0 Å². The zero-order valence-electron chi connectivity index (χ0n) is 15.1. The van der Waals surface area contributed by atoms with Crippen molar-refractivity contribution >= 4 is 23.3 Å². The zero-order valence-corrected chi connectivity index (χ0v) is 15.1. The monoisotopic (exact) mass is 369 g/mol. The van der Waals surface area contributed by atoms with E-state index in [1.54, 1.807) is 35.2 Å². The van der Waals surface area contributed by atoms with Crippen LogP contribution in [0.1, 0.15) is 24.5 Å². The Morgan fingerprint density at radius 3 is 2.70 bits per heavy atom. The van der Waals surface area contributed by atoms with E-state index in [4.69, 9.17) is 4.74 Å². The van der Waals surface area contributed by atoms with Gasteiger partial charge in [-0.15, -0.1) is 0 Å². The molecule has 0 aliphatic carbocycles. The van der Waals surface area contributed by atoms with Gasteiger partial charge in [0, 0.05) is 25.1 Å². The van der Waals surface area contributed by atoms with Gasteiger partial charge < -0.3 is 25.4 Å². The van der Waals surface area contributed by atoms with Gasteiger partial charge in [-0.3, -0.25) is 4.79 Å². The second-order valence-corrected chi connectivity index (χ2v) is 6.26. The molecule has 2 aromatic rings. The molecule has 3 amide bonds. The van der Waals surface area contributed by atoms with Gasteiger partial charge in [-0.25, -0.2) is 4.79 Å². The zero-order chi connectivity index (χ0) is 19.2. The molecule has 3 N–H and O–H groups in total. The number of hydrogen-bond acceptors (Lipinski definition) is 4. The fourth-order valence-corrected chi connectivity index (χ4v) is 3.13. The molecule has 1 saturated heterocycles. The van der Waals surface area contributed by atoms with Crippen LogP contribution in [0.3, 0.4) is 0 Å². The maximum Gasteiger partial charge on any atom is 0.319 e. The van der Waals surface area contributed by atoms with Crippen molar-refractivity contribution in [3.8, 4) is 5.75 Å². The molecule has 0 saturated carbocycles. The highest BCUT2D eigenvalue weighted by Gasteiger charge is 2.24. The minimum atomic E-state index is -0.901. The number of hydrogen-bond donors (Lipinski definition) is 3. The van der Waals surface area contributed by atoms with E-state index < -0.39 is 12.1 Å². The first-order valence-electron chi connectivity index (χ1n) is 8.85. The summed E-state index contributed by atoms with van der Waals surface area (Å²) < 4.78 is 5.23. The molecule has 0 aromatic heterocycles. The van der Waals surface area contributed by atoms with E-state index in [0.717, 1.165) is 6.42 Å². The number of anilines is 2. The molecule has 0 spiro atoms. The van der Waals surface area contributed by atoms with E-state index in [2.05, 4.69) is 10.6 Å². The van der Waals surface area contributed by atoms with Gasteiger partial charge >= 0.3 is 6.03 Å². The maximum absolute atomic E-state index is 12.3. The van der Waals surface area contributed by atoms with Crippen LogP contribution < -0.4 is 20.3 Å². The van der Waals surface area contributed by atoms with Crippen LogP contribution in [0.5, 0.6) is 5.75 Å². The summed E-state index contributed by atoms with van der Waals surface area (Å²) in [5.74, 6) is 0.612. The molecule has 1 aliphatic rings. The number of amides is 3. The summed E-state index contributed by atoms with van der Waals surface area (Å²) in [5, 5.41) is 15.7. The highest BCUT2D eigenvalue weighted by molar-refractivity contribution is 6.01. The maximum atomic E-state index is 12.3. The van der Waals surface area contributed by atoms with Crippen molar-refractivity contribution in [2.24, 2.45) is 0 Å². The highest BCUT2D eigenvalue weighted by atomic mass is 16.5. The summed E-state index contributed by atoms with van der Waals surface area (Å²) in [5.41, 5.74) is 1.83. The van der Waals surface area contributed by atoms with Gasteiger partial charge in [-0.2, -0.15) is 0 Å². The van der Waals surface area contributed by atoms with Crippen LogP contribution in [0.2, 0.25) is 0 Å². The summed E-state index contributed by atoms with van der Waals surface area (Å²) in [6.07, 6.45) is 0.429. The van der Waals surface area contributed by atoms with Gasteiger partial charge in [0.05, 0.1) is 24.6 Å². The molecule has 0 radical (unpaired) electrons. The Labute approximate surface area is 157 Å². The Kier molecular flexibility index (Phi) is 5.93. The fraction of sp³-hybridized carbons (Fsp3) is 0.300. The lowest BCUT2D eigenvalue weighted by atomic mass is 10.1. The predicted octanol–water partition coefficient (Wildman–Crippen LogP) is 2.68. The van der Waals surface area contributed by atoms with Crippen LogP contribution in [0, 0.1) is 0 Å². The average molecular weight is 369 g/mol. The molecule has 7 heteroatoms. The minimum absolute atomic E-state index is 0.0248. The number of methoxy groups -OCH3 is 1. The van der Waals surface area contributed by atoms with Crippen molar-refractivity contribution in [1.82, 2.24) is 5.32 Å². The number of urea groups is 1. The number of nitrogens with one attached hydrogen (secondary N) is 2. The molecule has 2 aromatic carbocycles. The Hall–Kier alpha value is -3.06. The van der Waals surface area contributed by atoms with Gasteiger partial charge in [-0.05, 0) is 24.6 Å². The van der Waals surface area contributed by atoms with E-state index in [-0.39, 0.29) is 12.5 Å². The molecule has 0 unspecified atom stereocenters. The first-order chi connectivity index (χ1) is 13.1. The number of para-hydroxylation sites is 3. The van der Waals surface area contributed by atoms with Crippen molar-refractivity contribution in [3.05, 3.63) is 54.1 Å². The topological polar surface area (TPSA) is 90.9 Å². The molecule has 7 nitrogen and oxygen atoms in total. The van der Waals surface area contributed by atoms with Crippen molar-refractivity contribution in [1.29, 1.82) is 0 Å². The molecule has 1 heterocycles. The standard InChI is InChI=1S/C20H23N3O4/c1-27-18-10-5-2-7-14(18)17(24)13-21-20(26)22-15-8-3-4-9-16(15)23-12-6-11-19(23)25/h2-5,7-10,17,24H,6,11-13H2,1H3,(H2,21,22,26)/t17-/m1/s1. The highest BCUT2D eigenvalue weighted by Crippen LogP contribution is 2.29. The number of aliphatic hydroxyl groups is 1. The van der Waals surface area contributed by atoms with Gasteiger partial charge in [0.1, 0.15) is 5.75 Å². The number of ether oxygens (including phenoxy) is 1. The fourth-order valence-electron chi connectivity index (χ4n) is 3.13. The average Bonchev–Trinajstić information content (AvgIpc) is 3.12. The minimum Gasteiger partial charge on any atom is -0.496 e. The molecular weight excluding hydrogens is 346 g/mol. The lowest BCUT2D eigenvalue weighted by Gasteiger charge is -2.20. The van der Waals surface area contributed by atoms with Crippen LogP contribution in [-0.2, 0) is 4.79 Å². The van der Waals surface area contributed by atoms with Crippen LogP contribution in [0.4, 0.5) is 16.2 Å². The van der Waals surface area contributed by atoms with Crippen LogP contribution in [0.15, 0.2) is 48.5 Å². The summed E-state index contributed by atoms with van der Waals surface area (Å²) in [7, 11) is 1.53. The molecule has 0 bridgehead atoms. The van der Waals surface area contributed by atoms with Crippen molar-refractivity contribution < 1.29 is 19.4 Å². The second-order valence-electron chi connectivity index (χ2n) is 6.26. The third-order valence-electron chi connectivity index (χ3n) is 4.47. The third-order valence-corrected chi connectivity index (χ3v) is 4.47. The third kappa shape index (κ3) is 4.38. The Morgan fingerprint density at radius 1 is 1.22 bits per heavy atom. The van der Waals surface area contributed by atoms with E-state index in [1.165, 1.54) is 7.11 Å². The second kappa shape index (κ2) is 8.55. The van der Waals surface area contributed by atoms with E-state index in [0.29, 0.717) is 35.7 Å². The van der Waals surface area contributed by atoms with Crippen molar-refractivity contribution in [2.45, 2.75) is 18.9 Å². The lowest BCUT2D eigenvalue weighted by Crippen LogP contribution is -2.33. The Balaban J connectivity index is 1.62. The smallest absolute Gasteiger partial charge is 0.319 e. The van der Waals surface area contributed by atoms with Gasteiger partial charge in [0.15, 0.2) is 0 Å². The SMILES string of the molecule is COc1ccccc1[C@H](O)CNC(=O)Nc1ccccc1N1CCCC1=O. The number of nitrogens with zero attached hydrogens (tertiary/aromatic N) is 1. The quantitative estimate of drug-likeness (QED) is 0.730. The van der Waals surface area contributed by atoms with Crippen molar-refractivity contribution in [3.63, 3.8) is 0 Å². The molecule has 3 rings (SSSR count). The van der Waals surface area contributed by atoms with E-state index in [1.807, 2.05) is 18.2 Å². The van der Waals surface area contributed by atoms with E-state index >= 15 is 0 Å². The van der Waals surface area contributed by atoms with Crippen LogP contribution in [-0.4, -0.2) is 37.2 Å². The summed E-state index contributed by atoms with van der Waals surface area (Å²) in [6, 6.07) is 13.8. The summed E-state index contributed by atoms with van der Waals surface area (Å²) in [4.78, 5) is 26.0. The number of carbonyl (C=O) groups is 2. The molecule has 1 aliphatic heterocycles. The molecule has 1 fully saturated rings. The largest absolute Gasteiger partial charge is 0.496 e. The summed E-state index contributed by atoms with van der Waals surface area (Å²) >= 11 is 0. The first-order valence-corrected chi connectivity index (χ1v) is 8.85. The molecule has 1 atom stereocenters. The van der Waals surface area contributed by atoms with Crippen molar-refractivity contribution in [2.75, 3.05) is 30.4 Å². The normalized spacial score (nSPS) is 14.7.